The first-order valence-corrected chi connectivity index (χ1v) is 5.38. The van der Waals surface area contributed by atoms with Crippen LogP contribution in [-0.4, -0.2) is 40.0 Å². The fourth-order valence-electron chi connectivity index (χ4n) is 2.29. The fraction of sp³-hybridized carbons (Fsp3) is 1.00. The highest BCUT2D eigenvalue weighted by atomic mass is 16.3. The molecule has 1 rings (SSSR count). The molecule has 1 aliphatic rings. The van der Waals surface area contributed by atoms with Crippen molar-refractivity contribution in [2.24, 2.45) is 5.41 Å². The highest BCUT2D eigenvalue weighted by molar-refractivity contribution is 4.99. The van der Waals surface area contributed by atoms with Crippen molar-refractivity contribution in [2.75, 3.05) is 13.2 Å². The molecule has 3 nitrogen and oxygen atoms in total. The molecule has 0 amide bonds. The van der Waals surface area contributed by atoms with Gasteiger partial charge in [-0.25, -0.2) is 0 Å². The van der Waals surface area contributed by atoms with Gasteiger partial charge in [0.2, 0.25) is 0 Å². The number of piperidine rings is 1. The number of aliphatic hydroxyl groups is 2. The molecule has 0 aromatic carbocycles. The van der Waals surface area contributed by atoms with Gasteiger partial charge in [0, 0.05) is 12.1 Å². The molecule has 3 heteroatoms. The summed E-state index contributed by atoms with van der Waals surface area (Å²) in [6, 6.07) is 0. The van der Waals surface area contributed by atoms with Gasteiger partial charge in [0.15, 0.2) is 0 Å². The summed E-state index contributed by atoms with van der Waals surface area (Å²) < 4.78 is 0. The Balaban J connectivity index is 2.86. The Bertz CT molecular complexity index is 201. The van der Waals surface area contributed by atoms with Gasteiger partial charge in [-0.1, -0.05) is 13.8 Å². The van der Waals surface area contributed by atoms with Crippen molar-refractivity contribution < 1.29 is 10.2 Å². The van der Waals surface area contributed by atoms with E-state index >= 15 is 0 Å². The van der Waals surface area contributed by atoms with Crippen LogP contribution in [0.15, 0.2) is 0 Å². The van der Waals surface area contributed by atoms with Crippen molar-refractivity contribution in [3.8, 4) is 0 Å². The Labute approximate surface area is 86.7 Å². The van der Waals surface area contributed by atoms with Crippen molar-refractivity contribution in [1.82, 2.24) is 4.90 Å². The van der Waals surface area contributed by atoms with Gasteiger partial charge in [0.1, 0.15) is 6.23 Å². The summed E-state index contributed by atoms with van der Waals surface area (Å²) in [5.74, 6) is 0. The third-order valence-corrected chi connectivity index (χ3v) is 4.10. The first kappa shape index (κ1) is 12.0. The van der Waals surface area contributed by atoms with Crippen LogP contribution in [-0.2, 0) is 0 Å². The summed E-state index contributed by atoms with van der Waals surface area (Å²) in [5, 5.41) is 18.7. The maximum atomic E-state index is 9.73. The molecule has 0 aromatic rings. The summed E-state index contributed by atoms with van der Waals surface area (Å²) >= 11 is 0. The van der Waals surface area contributed by atoms with Gasteiger partial charge in [-0.3, -0.25) is 4.90 Å². The van der Waals surface area contributed by atoms with Gasteiger partial charge in [-0.15, -0.1) is 0 Å². The fourth-order valence-corrected chi connectivity index (χ4v) is 2.29. The van der Waals surface area contributed by atoms with E-state index in [4.69, 9.17) is 5.11 Å². The molecule has 84 valence electrons. The third kappa shape index (κ3) is 1.81. The molecule has 0 aromatic heterocycles. The quantitative estimate of drug-likeness (QED) is 0.705. The maximum Gasteiger partial charge on any atom is 0.131 e. The van der Waals surface area contributed by atoms with Crippen molar-refractivity contribution in [2.45, 2.75) is 52.3 Å². The summed E-state index contributed by atoms with van der Waals surface area (Å²) in [6.45, 7) is 9.43. The highest BCUT2D eigenvalue weighted by Gasteiger charge is 2.46. The van der Waals surface area contributed by atoms with Gasteiger partial charge in [-0.2, -0.15) is 0 Å². The number of likely N-dealkylation sites (tertiary alicyclic amines) is 1. The minimum Gasteiger partial charge on any atom is -0.392 e. The lowest BCUT2D eigenvalue weighted by molar-refractivity contribution is -0.139. The van der Waals surface area contributed by atoms with Crippen LogP contribution in [0.3, 0.4) is 0 Å². The summed E-state index contributed by atoms with van der Waals surface area (Å²) in [4.78, 5) is 2.01. The molecule has 1 heterocycles. The molecule has 14 heavy (non-hydrogen) atoms. The second kappa shape index (κ2) is 3.80. The molecule has 1 saturated heterocycles. The van der Waals surface area contributed by atoms with Crippen LogP contribution in [0.5, 0.6) is 0 Å². The Kier molecular flexibility index (Phi) is 3.24. The van der Waals surface area contributed by atoms with Crippen LogP contribution in [0.4, 0.5) is 0 Å². The van der Waals surface area contributed by atoms with E-state index in [-0.39, 0.29) is 17.6 Å². The van der Waals surface area contributed by atoms with Crippen LogP contribution in [0.25, 0.3) is 0 Å². The molecule has 0 aliphatic carbocycles. The van der Waals surface area contributed by atoms with Crippen LogP contribution in [0, 0.1) is 5.41 Å². The first-order valence-electron chi connectivity index (χ1n) is 5.38. The Morgan fingerprint density at radius 2 is 1.86 bits per heavy atom. The number of aliphatic hydroxyl groups excluding tert-OH is 2. The van der Waals surface area contributed by atoms with E-state index in [1.54, 1.807) is 0 Å². The van der Waals surface area contributed by atoms with Gasteiger partial charge < -0.3 is 10.2 Å². The Hall–Kier alpha value is -0.120. The zero-order valence-electron chi connectivity index (χ0n) is 9.75. The summed E-state index contributed by atoms with van der Waals surface area (Å²) in [7, 11) is 0. The van der Waals surface area contributed by atoms with Gasteiger partial charge in [-0.05, 0) is 32.1 Å². The molecule has 1 unspecified atom stereocenters. The predicted molar refractivity (Wildman–Crippen MR) is 56.9 cm³/mol. The van der Waals surface area contributed by atoms with E-state index in [0.717, 1.165) is 13.0 Å². The zero-order chi connectivity index (χ0) is 11.0. The van der Waals surface area contributed by atoms with Crippen LogP contribution >= 0.6 is 0 Å². The summed E-state index contributed by atoms with van der Waals surface area (Å²) in [6.07, 6.45) is 1.55. The molecule has 1 aliphatic heterocycles. The van der Waals surface area contributed by atoms with Gasteiger partial charge in [0.25, 0.3) is 0 Å². The van der Waals surface area contributed by atoms with Gasteiger partial charge in [0.05, 0.1) is 6.61 Å². The highest BCUT2D eigenvalue weighted by Crippen LogP contribution is 2.43. The average molecular weight is 201 g/mol. The van der Waals surface area contributed by atoms with E-state index in [9.17, 15) is 5.11 Å². The van der Waals surface area contributed by atoms with Crippen LogP contribution in [0.2, 0.25) is 0 Å². The van der Waals surface area contributed by atoms with E-state index in [0.29, 0.717) is 0 Å². The third-order valence-electron chi connectivity index (χ3n) is 4.10. The van der Waals surface area contributed by atoms with E-state index in [2.05, 4.69) is 27.7 Å². The number of hydrogen-bond acceptors (Lipinski definition) is 3. The molecule has 0 bridgehead atoms. The lowest BCUT2D eigenvalue weighted by atomic mass is 9.68. The van der Waals surface area contributed by atoms with E-state index < -0.39 is 6.23 Å². The molecule has 0 saturated carbocycles. The lowest BCUT2D eigenvalue weighted by Crippen LogP contribution is -2.61. The van der Waals surface area contributed by atoms with Crippen molar-refractivity contribution >= 4 is 0 Å². The van der Waals surface area contributed by atoms with Crippen LogP contribution in [0.1, 0.15) is 40.5 Å². The smallest absolute Gasteiger partial charge is 0.131 e. The molecule has 1 fully saturated rings. The normalized spacial score (nSPS) is 28.7. The number of nitrogens with zero attached hydrogens (tertiary/aromatic N) is 1. The maximum absolute atomic E-state index is 9.73. The average Bonchev–Trinajstić information content (AvgIpc) is 2.08. The van der Waals surface area contributed by atoms with E-state index in [1.807, 2.05) is 4.90 Å². The molecule has 0 radical (unpaired) electrons. The second-order valence-corrected chi connectivity index (χ2v) is 5.40. The number of hydrogen-bond donors (Lipinski definition) is 2. The molecule has 2 N–H and O–H groups in total. The first-order chi connectivity index (χ1) is 6.33. The van der Waals surface area contributed by atoms with Crippen LogP contribution < -0.4 is 0 Å². The zero-order valence-corrected chi connectivity index (χ0v) is 9.75. The number of rotatable bonds is 2. The van der Waals surface area contributed by atoms with Gasteiger partial charge >= 0.3 is 0 Å². The Morgan fingerprint density at radius 3 is 2.36 bits per heavy atom. The second-order valence-electron chi connectivity index (χ2n) is 5.40. The standard InChI is InChI=1S/C11H23NO2/c1-10(2)6-5-7-12(9(14)8-13)11(10,3)4/h9,13-14H,5-8H2,1-4H3. The molecular formula is C11H23NO2. The van der Waals surface area contributed by atoms with Crippen molar-refractivity contribution in [1.29, 1.82) is 0 Å². The lowest BCUT2D eigenvalue weighted by Gasteiger charge is -2.54. The minimum absolute atomic E-state index is 0.0621. The van der Waals surface area contributed by atoms with Crippen molar-refractivity contribution in [3.05, 3.63) is 0 Å². The topological polar surface area (TPSA) is 43.7 Å². The molecular weight excluding hydrogens is 178 g/mol. The predicted octanol–water partition coefficient (Wildman–Crippen LogP) is 1.20. The van der Waals surface area contributed by atoms with E-state index in [1.165, 1.54) is 6.42 Å². The monoisotopic (exact) mass is 201 g/mol. The molecule has 1 atom stereocenters. The molecule has 0 spiro atoms. The Morgan fingerprint density at radius 1 is 1.29 bits per heavy atom. The minimum atomic E-state index is -0.718. The largest absolute Gasteiger partial charge is 0.392 e. The summed E-state index contributed by atoms with van der Waals surface area (Å²) in [5.41, 5.74) is 0.120. The van der Waals surface area contributed by atoms with Crippen molar-refractivity contribution in [3.63, 3.8) is 0 Å². The SMILES string of the molecule is CC1(C)CCCN(C(O)CO)C1(C)C.